The lowest BCUT2D eigenvalue weighted by atomic mass is 10.1. The van der Waals surface area contributed by atoms with Gasteiger partial charge in [0.2, 0.25) is 0 Å². The van der Waals surface area contributed by atoms with E-state index in [9.17, 15) is 8.78 Å². The molecule has 2 rings (SSSR count). The molecule has 1 aromatic rings. The van der Waals surface area contributed by atoms with Crippen molar-refractivity contribution in [2.24, 2.45) is 0 Å². The SMILES string of the molecule is Fc1ccc(F)c(OC2CCCNC2)c1. The van der Waals surface area contributed by atoms with Crippen molar-refractivity contribution in [2.75, 3.05) is 13.1 Å². The van der Waals surface area contributed by atoms with Crippen LogP contribution in [0.3, 0.4) is 0 Å². The van der Waals surface area contributed by atoms with E-state index in [2.05, 4.69) is 5.32 Å². The summed E-state index contributed by atoms with van der Waals surface area (Å²) in [6, 6.07) is 3.26. The fraction of sp³-hybridized carbons (Fsp3) is 0.455. The number of hydrogen-bond donors (Lipinski definition) is 1. The zero-order valence-corrected chi connectivity index (χ0v) is 8.30. The summed E-state index contributed by atoms with van der Waals surface area (Å²) >= 11 is 0. The predicted octanol–water partition coefficient (Wildman–Crippen LogP) is 2.10. The zero-order chi connectivity index (χ0) is 10.7. The molecule has 1 aliphatic heterocycles. The second-order valence-corrected chi connectivity index (χ2v) is 3.66. The van der Waals surface area contributed by atoms with Crippen LogP contribution >= 0.6 is 0 Å². The van der Waals surface area contributed by atoms with Gasteiger partial charge in [0.25, 0.3) is 0 Å². The van der Waals surface area contributed by atoms with E-state index in [4.69, 9.17) is 4.74 Å². The van der Waals surface area contributed by atoms with E-state index in [1.807, 2.05) is 0 Å². The number of halogens is 2. The lowest BCUT2D eigenvalue weighted by molar-refractivity contribution is 0.160. The number of piperidine rings is 1. The Morgan fingerprint density at radius 2 is 2.20 bits per heavy atom. The van der Waals surface area contributed by atoms with E-state index in [0.29, 0.717) is 6.54 Å². The Morgan fingerprint density at radius 3 is 2.93 bits per heavy atom. The number of nitrogens with one attached hydrogen (secondary N) is 1. The highest BCUT2D eigenvalue weighted by Crippen LogP contribution is 2.21. The highest BCUT2D eigenvalue weighted by molar-refractivity contribution is 5.25. The summed E-state index contributed by atoms with van der Waals surface area (Å²) in [4.78, 5) is 0. The molecule has 1 aliphatic rings. The van der Waals surface area contributed by atoms with Gasteiger partial charge in [0, 0.05) is 12.6 Å². The molecule has 1 atom stereocenters. The fourth-order valence-electron chi connectivity index (χ4n) is 1.67. The van der Waals surface area contributed by atoms with Crippen LogP contribution in [0.2, 0.25) is 0 Å². The summed E-state index contributed by atoms with van der Waals surface area (Å²) < 4.78 is 31.4. The van der Waals surface area contributed by atoms with Crippen molar-refractivity contribution < 1.29 is 13.5 Å². The van der Waals surface area contributed by atoms with Crippen LogP contribution < -0.4 is 10.1 Å². The number of rotatable bonds is 2. The molecule has 1 heterocycles. The summed E-state index contributed by atoms with van der Waals surface area (Å²) in [5.74, 6) is -0.985. The molecule has 1 saturated heterocycles. The van der Waals surface area contributed by atoms with Crippen LogP contribution in [0.5, 0.6) is 5.75 Å². The zero-order valence-electron chi connectivity index (χ0n) is 8.30. The molecule has 15 heavy (non-hydrogen) atoms. The summed E-state index contributed by atoms with van der Waals surface area (Å²) in [7, 11) is 0. The largest absolute Gasteiger partial charge is 0.486 e. The van der Waals surface area contributed by atoms with Crippen LogP contribution in [0.1, 0.15) is 12.8 Å². The summed E-state index contributed by atoms with van der Waals surface area (Å²) in [5.41, 5.74) is 0. The van der Waals surface area contributed by atoms with Gasteiger partial charge in [-0.3, -0.25) is 0 Å². The van der Waals surface area contributed by atoms with Gasteiger partial charge in [-0.25, -0.2) is 8.78 Å². The molecular weight excluding hydrogens is 200 g/mol. The summed E-state index contributed by atoms with van der Waals surface area (Å²) in [6.45, 7) is 1.65. The van der Waals surface area contributed by atoms with Crippen molar-refractivity contribution in [1.29, 1.82) is 0 Å². The lowest BCUT2D eigenvalue weighted by Gasteiger charge is -2.24. The Kier molecular flexibility index (Phi) is 3.16. The van der Waals surface area contributed by atoms with Gasteiger partial charge in [-0.1, -0.05) is 0 Å². The van der Waals surface area contributed by atoms with Gasteiger partial charge in [0.05, 0.1) is 0 Å². The first-order chi connectivity index (χ1) is 7.25. The van der Waals surface area contributed by atoms with Crippen LogP contribution in [-0.4, -0.2) is 19.2 Å². The van der Waals surface area contributed by atoms with Gasteiger partial charge in [-0.15, -0.1) is 0 Å². The smallest absolute Gasteiger partial charge is 0.165 e. The van der Waals surface area contributed by atoms with Crippen LogP contribution in [0.15, 0.2) is 18.2 Å². The quantitative estimate of drug-likeness (QED) is 0.812. The molecule has 0 radical (unpaired) electrons. The van der Waals surface area contributed by atoms with E-state index in [1.54, 1.807) is 0 Å². The maximum atomic E-state index is 13.2. The minimum absolute atomic E-state index is 0.00343. The molecule has 0 bridgehead atoms. The molecule has 0 saturated carbocycles. The summed E-state index contributed by atoms with van der Waals surface area (Å²) in [6.07, 6.45) is 1.82. The Bertz CT molecular complexity index is 337. The van der Waals surface area contributed by atoms with Gasteiger partial charge in [-0.05, 0) is 31.5 Å². The average molecular weight is 213 g/mol. The first kappa shape index (κ1) is 10.4. The molecular formula is C11H13F2NO. The van der Waals surface area contributed by atoms with Gasteiger partial charge in [0.1, 0.15) is 11.9 Å². The van der Waals surface area contributed by atoms with E-state index >= 15 is 0 Å². The normalized spacial score (nSPS) is 21.3. The molecule has 0 amide bonds. The molecule has 0 spiro atoms. The summed E-state index contributed by atoms with van der Waals surface area (Å²) in [5, 5.41) is 3.15. The van der Waals surface area contributed by atoms with E-state index < -0.39 is 11.6 Å². The molecule has 0 aliphatic carbocycles. The van der Waals surface area contributed by atoms with Gasteiger partial charge < -0.3 is 10.1 Å². The first-order valence-corrected chi connectivity index (χ1v) is 5.08. The Morgan fingerprint density at radius 1 is 1.33 bits per heavy atom. The minimum atomic E-state index is -0.512. The topological polar surface area (TPSA) is 21.3 Å². The van der Waals surface area contributed by atoms with Crippen molar-refractivity contribution in [3.8, 4) is 5.75 Å². The monoisotopic (exact) mass is 213 g/mol. The first-order valence-electron chi connectivity index (χ1n) is 5.08. The molecule has 1 N–H and O–H groups in total. The van der Waals surface area contributed by atoms with Crippen molar-refractivity contribution in [3.05, 3.63) is 29.8 Å². The van der Waals surface area contributed by atoms with Gasteiger partial charge >= 0.3 is 0 Å². The van der Waals surface area contributed by atoms with E-state index in [1.165, 1.54) is 0 Å². The van der Waals surface area contributed by atoms with Crippen molar-refractivity contribution in [3.63, 3.8) is 0 Å². The average Bonchev–Trinajstić information content (AvgIpc) is 2.25. The van der Waals surface area contributed by atoms with Crippen LogP contribution in [0.25, 0.3) is 0 Å². The Hall–Kier alpha value is -1.16. The van der Waals surface area contributed by atoms with Crippen molar-refractivity contribution >= 4 is 0 Å². The van der Waals surface area contributed by atoms with Crippen LogP contribution in [-0.2, 0) is 0 Å². The highest BCUT2D eigenvalue weighted by Gasteiger charge is 2.16. The number of ether oxygens (including phenoxy) is 1. The van der Waals surface area contributed by atoms with Crippen molar-refractivity contribution in [2.45, 2.75) is 18.9 Å². The third-order valence-electron chi connectivity index (χ3n) is 2.44. The molecule has 2 nitrogen and oxygen atoms in total. The predicted molar refractivity (Wildman–Crippen MR) is 52.9 cm³/mol. The van der Waals surface area contributed by atoms with Crippen molar-refractivity contribution in [1.82, 2.24) is 5.32 Å². The number of hydrogen-bond acceptors (Lipinski definition) is 2. The van der Waals surface area contributed by atoms with Gasteiger partial charge in [-0.2, -0.15) is 0 Å². The van der Waals surface area contributed by atoms with Gasteiger partial charge in [0.15, 0.2) is 11.6 Å². The highest BCUT2D eigenvalue weighted by atomic mass is 19.1. The maximum Gasteiger partial charge on any atom is 0.165 e. The Labute approximate surface area is 87.2 Å². The lowest BCUT2D eigenvalue weighted by Crippen LogP contribution is -2.37. The molecule has 1 aromatic carbocycles. The maximum absolute atomic E-state index is 13.2. The second-order valence-electron chi connectivity index (χ2n) is 3.66. The van der Waals surface area contributed by atoms with E-state index in [0.717, 1.165) is 37.6 Å². The second kappa shape index (κ2) is 4.57. The van der Waals surface area contributed by atoms with E-state index in [-0.39, 0.29) is 11.9 Å². The third kappa shape index (κ3) is 2.65. The molecule has 82 valence electrons. The van der Waals surface area contributed by atoms with Crippen LogP contribution in [0, 0.1) is 11.6 Å². The molecule has 0 aromatic heterocycles. The molecule has 1 unspecified atom stereocenters. The molecule has 1 fully saturated rings. The third-order valence-corrected chi connectivity index (χ3v) is 2.44. The number of benzene rings is 1. The molecule has 4 heteroatoms. The fourth-order valence-corrected chi connectivity index (χ4v) is 1.67. The minimum Gasteiger partial charge on any atom is -0.486 e. The standard InChI is InChI=1S/C11H13F2NO/c12-8-3-4-10(13)11(6-8)15-9-2-1-5-14-7-9/h3-4,6,9,14H,1-2,5,7H2. The van der Waals surface area contributed by atoms with Crippen LogP contribution in [0.4, 0.5) is 8.78 Å². The Balaban J connectivity index is 2.05.